The molecule has 3 heteroatoms. The van der Waals surface area contributed by atoms with Gasteiger partial charge in [-0.25, -0.2) is 0 Å². The van der Waals surface area contributed by atoms with Crippen LogP contribution in [0.3, 0.4) is 0 Å². The van der Waals surface area contributed by atoms with Crippen LogP contribution >= 0.6 is 0 Å². The van der Waals surface area contributed by atoms with Gasteiger partial charge in [0.2, 0.25) is 0 Å². The number of H-pyrrole nitrogens is 1. The van der Waals surface area contributed by atoms with Crippen LogP contribution in [0.1, 0.15) is 5.56 Å². The monoisotopic (exact) mass is 248 g/mol. The van der Waals surface area contributed by atoms with Gasteiger partial charge in [-0.15, -0.1) is 0 Å². The van der Waals surface area contributed by atoms with Crippen LogP contribution in [-0.4, -0.2) is 9.38 Å². The minimum atomic E-state index is 0.0358. The van der Waals surface area contributed by atoms with Crippen molar-refractivity contribution in [1.29, 1.82) is 0 Å². The number of aryl methyl sites for hydroxylation is 1. The molecule has 0 aliphatic rings. The minimum absolute atomic E-state index is 0.0358. The van der Waals surface area contributed by atoms with Crippen LogP contribution in [0.25, 0.3) is 27.5 Å². The molecule has 2 aromatic carbocycles. The van der Waals surface area contributed by atoms with E-state index in [9.17, 15) is 4.79 Å². The predicted octanol–water partition coefficient (Wildman–Crippen LogP) is 3.24. The lowest BCUT2D eigenvalue weighted by molar-refractivity contribution is 1.14. The highest BCUT2D eigenvalue weighted by atomic mass is 16.1. The first-order valence-electron chi connectivity index (χ1n) is 6.27. The van der Waals surface area contributed by atoms with E-state index in [1.165, 1.54) is 0 Å². The second-order valence-corrected chi connectivity index (χ2v) is 4.85. The van der Waals surface area contributed by atoms with Crippen LogP contribution in [0.5, 0.6) is 0 Å². The van der Waals surface area contributed by atoms with Crippen molar-refractivity contribution in [1.82, 2.24) is 9.38 Å². The van der Waals surface area contributed by atoms with Crippen molar-refractivity contribution in [2.75, 3.05) is 0 Å². The van der Waals surface area contributed by atoms with Crippen LogP contribution in [0.4, 0.5) is 0 Å². The minimum Gasteiger partial charge on any atom is -0.340 e. The number of hydrogen-bond acceptors (Lipinski definition) is 1. The Balaban J connectivity index is 2.38. The van der Waals surface area contributed by atoms with Gasteiger partial charge in [-0.1, -0.05) is 30.3 Å². The topological polar surface area (TPSA) is 37.3 Å². The number of nitrogens with one attached hydrogen (secondary N) is 1. The molecule has 4 aromatic rings. The number of benzene rings is 2. The maximum Gasteiger partial charge on any atom is 0.266 e. The zero-order valence-corrected chi connectivity index (χ0v) is 10.5. The fraction of sp³-hybridized carbons (Fsp3) is 0.0625. The van der Waals surface area contributed by atoms with Crippen molar-refractivity contribution in [2.45, 2.75) is 6.92 Å². The van der Waals surface area contributed by atoms with Crippen LogP contribution in [-0.2, 0) is 0 Å². The molecule has 3 nitrogen and oxygen atoms in total. The van der Waals surface area contributed by atoms with E-state index in [4.69, 9.17) is 0 Å². The van der Waals surface area contributed by atoms with Gasteiger partial charge in [0.15, 0.2) is 0 Å². The lowest BCUT2D eigenvalue weighted by atomic mass is 10.1. The third kappa shape index (κ3) is 1.30. The van der Waals surface area contributed by atoms with E-state index in [0.29, 0.717) is 0 Å². The lowest BCUT2D eigenvalue weighted by Gasteiger charge is -2.04. The summed E-state index contributed by atoms with van der Waals surface area (Å²) in [5.74, 6) is 0. The average Bonchev–Trinajstić information content (AvgIpc) is 2.79. The second-order valence-electron chi connectivity index (χ2n) is 4.85. The van der Waals surface area contributed by atoms with Gasteiger partial charge in [0.1, 0.15) is 5.65 Å². The standard InChI is InChI=1S/C16H12N2O/c1-10-5-4-7-12-15(10)17-14-9-11-6-2-3-8-13(11)18(14)16(12)19/h2-9,17H,1H3. The molecule has 2 heterocycles. The SMILES string of the molecule is Cc1cccc2c(=O)n3c(cc4ccccc43)[nH]c12. The smallest absolute Gasteiger partial charge is 0.266 e. The zero-order chi connectivity index (χ0) is 13.0. The molecular weight excluding hydrogens is 236 g/mol. The Hall–Kier alpha value is -2.55. The Morgan fingerprint density at radius 2 is 1.89 bits per heavy atom. The Kier molecular flexibility index (Phi) is 1.90. The Labute approximate surface area is 109 Å². The number of hydrogen-bond donors (Lipinski definition) is 1. The van der Waals surface area contributed by atoms with Crippen LogP contribution in [0.15, 0.2) is 53.3 Å². The normalized spacial score (nSPS) is 11.6. The van der Waals surface area contributed by atoms with Gasteiger partial charge in [0.25, 0.3) is 5.56 Å². The summed E-state index contributed by atoms with van der Waals surface area (Å²) in [7, 11) is 0. The fourth-order valence-electron chi connectivity index (χ4n) is 2.73. The van der Waals surface area contributed by atoms with Gasteiger partial charge >= 0.3 is 0 Å². The number of nitrogens with zero attached hydrogens (tertiary/aromatic N) is 1. The first-order chi connectivity index (χ1) is 9.25. The van der Waals surface area contributed by atoms with E-state index >= 15 is 0 Å². The molecule has 0 spiro atoms. The highest BCUT2D eigenvalue weighted by molar-refractivity contribution is 5.90. The maximum absolute atomic E-state index is 12.7. The molecule has 0 saturated heterocycles. The van der Waals surface area contributed by atoms with Crippen molar-refractivity contribution >= 4 is 27.5 Å². The third-order valence-corrected chi connectivity index (χ3v) is 3.67. The number of aromatic amines is 1. The van der Waals surface area contributed by atoms with Crippen LogP contribution in [0.2, 0.25) is 0 Å². The quantitative estimate of drug-likeness (QED) is 0.509. The summed E-state index contributed by atoms with van der Waals surface area (Å²) < 4.78 is 1.75. The largest absolute Gasteiger partial charge is 0.340 e. The van der Waals surface area contributed by atoms with E-state index < -0.39 is 0 Å². The molecule has 2 aromatic heterocycles. The second kappa shape index (κ2) is 3.48. The summed E-state index contributed by atoms with van der Waals surface area (Å²) in [5, 5.41) is 1.80. The summed E-state index contributed by atoms with van der Waals surface area (Å²) >= 11 is 0. The van der Waals surface area contributed by atoms with Crippen molar-refractivity contribution in [2.24, 2.45) is 0 Å². The van der Waals surface area contributed by atoms with Gasteiger partial charge in [-0.05, 0) is 30.7 Å². The van der Waals surface area contributed by atoms with Crippen LogP contribution < -0.4 is 5.56 Å². The molecule has 0 fully saturated rings. The average molecular weight is 248 g/mol. The molecule has 19 heavy (non-hydrogen) atoms. The summed E-state index contributed by atoms with van der Waals surface area (Å²) in [6.45, 7) is 2.01. The van der Waals surface area contributed by atoms with Gasteiger partial charge < -0.3 is 4.98 Å². The van der Waals surface area contributed by atoms with E-state index in [-0.39, 0.29) is 5.56 Å². The molecule has 0 atom stereocenters. The fourth-order valence-corrected chi connectivity index (χ4v) is 2.73. The number of fused-ring (bicyclic) bond motifs is 4. The Morgan fingerprint density at radius 1 is 1.05 bits per heavy atom. The summed E-state index contributed by atoms with van der Waals surface area (Å²) in [6.07, 6.45) is 0. The molecular formula is C16H12N2O. The number of rotatable bonds is 0. The lowest BCUT2D eigenvalue weighted by Crippen LogP contribution is -2.14. The van der Waals surface area contributed by atoms with Crippen molar-refractivity contribution in [3.05, 3.63) is 64.4 Å². The first-order valence-corrected chi connectivity index (χ1v) is 6.27. The van der Waals surface area contributed by atoms with Gasteiger partial charge in [-0.3, -0.25) is 9.20 Å². The Morgan fingerprint density at radius 3 is 2.79 bits per heavy atom. The molecule has 0 aliphatic heterocycles. The van der Waals surface area contributed by atoms with E-state index in [0.717, 1.165) is 33.0 Å². The van der Waals surface area contributed by atoms with Crippen molar-refractivity contribution in [3.8, 4) is 0 Å². The summed E-state index contributed by atoms with van der Waals surface area (Å²) in [6, 6.07) is 15.7. The van der Waals surface area contributed by atoms with Gasteiger partial charge in [0.05, 0.1) is 16.4 Å². The first kappa shape index (κ1) is 10.4. The molecule has 1 N–H and O–H groups in total. The third-order valence-electron chi connectivity index (χ3n) is 3.67. The van der Waals surface area contributed by atoms with Gasteiger partial charge in [0, 0.05) is 5.39 Å². The molecule has 0 unspecified atom stereocenters. The Bertz CT molecular complexity index is 992. The molecule has 0 amide bonds. The summed E-state index contributed by atoms with van der Waals surface area (Å²) in [5.41, 5.74) is 3.83. The van der Waals surface area contributed by atoms with E-state index in [2.05, 4.69) is 4.98 Å². The van der Waals surface area contributed by atoms with E-state index in [1.807, 2.05) is 55.5 Å². The van der Waals surface area contributed by atoms with Crippen molar-refractivity contribution < 1.29 is 0 Å². The molecule has 92 valence electrons. The molecule has 0 bridgehead atoms. The number of aromatic nitrogens is 2. The van der Waals surface area contributed by atoms with E-state index in [1.54, 1.807) is 4.40 Å². The van der Waals surface area contributed by atoms with Crippen molar-refractivity contribution in [3.63, 3.8) is 0 Å². The molecule has 0 radical (unpaired) electrons. The highest BCUT2D eigenvalue weighted by Crippen LogP contribution is 2.20. The maximum atomic E-state index is 12.7. The van der Waals surface area contributed by atoms with Crippen LogP contribution in [0, 0.1) is 6.92 Å². The van der Waals surface area contributed by atoms with Gasteiger partial charge in [-0.2, -0.15) is 0 Å². The summed E-state index contributed by atoms with van der Waals surface area (Å²) in [4.78, 5) is 16.0. The molecule has 0 saturated carbocycles. The molecule has 4 rings (SSSR count). The number of para-hydroxylation sites is 2. The molecule has 0 aliphatic carbocycles. The predicted molar refractivity (Wildman–Crippen MR) is 77.8 cm³/mol. The highest BCUT2D eigenvalue weighted by Gasteiger charge is 2.09. The zero-order valence-electron chi connectivity index (χ0n) is 10.5.